The van der Waals surface area contributed by atoms with Crippen LogP contribution < -0.4 is 5.32 Å². The Kier molecular flexibility index (Phi) is 4.76. The molecule has 2 fully saturated rings. The van der Waals surface area contributed by atoms with Crippen molar-refractivity contribution in [1.29, 1.82) is 0 Å². The molecular weight excluding hydrogens is 308 g/mol. The summed E-state index contributed by atoms with van der Waals surface area (Å²) in [4.78, 5) is 25.1. The third-order valence-electron chi connectivity index (χ3n) is 5.11. The molecule has 0 atom stereocenters. The first kappa shape index (κ1) is 16.8. The van der Waals surface area contributed by atoms with E-state index >= 15 is 0 Å². The fourth-order valence-corrected chi connectivity index (χ4v) is 3.64. The number of carboxylic acid groups (broad SMARTS) is 1. The zero-order chi connectivity index (χ0) is 17.2. The maximum absolute atomic E-state index is 12.5. The molecule has 0 unspecified atom stereocenters. The number of aromatic carboxylic acids is 1. The van der Waals surface area contributed by atoms with E-state index in [-0.39, 0.29) is 17.5 Å². The van der Waals surface area contributed by atoms with Crippen LogP contribution in [-0.2, 0) is 4.79 Å². The molecule has 1 aromatic carbocycles. The van der Waals surface area contributed by atoms with Gasteiger partial charge >= 0.3 is 5.97 Å². The van der Waals surface area contributed by atoms with Gasteiger partial charge in [-0.25, -0.2) is 4.79 Å². The van der Waals surface area contributed by atoms with E-state index in [9.17, 15) is 14.7 Å². The number of amides is 1. The second kappa shape index (κ2) is 6.81. The number of carboxylic acids is 1. The number of nitrogens with zero attached hydrogens (tertiary/aromatic N) is 1. The van der Waals surface area contributed by atoms with Crippen LogP contribution in [0, 0.1) is 0 Å². The summed E-state index contributed by atoms with van der Waals surface area (Å²) >= 11 is 0. The molecule has 2 aliphatic rings. The first-order valence-electron chi connectivity index (χ1n) is 8.60. The van der Waals surface area contributed by atoms with E-state index in [1.807, 2.05) is 0 Å². The number of aliphatic hydroxyl groups is 1. The third-order valence-corrected chi connectivity index (χ3v) is 5.11. The number of nitrogens with one attached hydrogen (secondary N) is 1. The van der Waals surface area contributed by atoms with Crippen molar-refractivity contribution in [1.82, 2.24) is 4.90 Å². The Morgan fingerprint density at radius 2 is 1.67 bits per heavy atom. The van der Waals surface area contributed by atoms with Crippen molar-refractivity contribution < 1.29 is 19.8 Å². The van der Waals surface area contributed by atoms with E-state index in [2.05, 4.69) is 5.32 Å². The van der Waals surface area contributed by atoms with E-state index < -0.39 is 11.6 Å². The summed E-state index contributed by atoms with van der Waals surface area (Å²) in [6.07, 6.45) is 4.66. The van der Waals surface area contributed by atoms with Gasteiger partial charge in [0.25, 0.3) is 5.91 Å². The molecule has 0 aromatic heterocycles. The van der Waals surface area contributed by atoms with Gasteiger partial charge in [-0.2, -0.15) is 0 Å². The van der Waals surface area contributed by atoms with Crippen molar-refractivity contribution in [3.63, 3.8) is 0 Å². The van der Waals surface area contributed by atoms with Crippen molar-refractivity contribution in [3.05, 3.63) is 29.8 Å². The average molecular weight is 332 g/mol. The van der Waals surface area contributed by atoms with E-state index in [1.165, 1.54) is 0 Å². The maximum Gasteiger partial charge on any atom is 0.335 e. The summed E-state index contributed by atoms with van der Waals surface area (Å²) in [6.45, 7) is 1.29. The largest absolute Gasteiger partial charge is 0.478 e. The number of carbonyl (C=O) groups is 2. The summed E-state index contributed by atoms with van der Waals surface area (Å²) in [7, 11) is 0. The summed E-state index contributed by atoms with van der Waals surface area (Å²) < 4.78 is 0. The van der Waals surface area contributed by atoms with Crippen LogP contribution in [0.3, 0.4) is 0 Å². The second-order valence-corrected chi connectivity index (χ2v) is 6.83. The molecule has 130 valence electrons. The number of anilines is 1. The number of likely N-dealkylation sites (tertiary alicyclic amines) is 1. The van der Waals surface area contributed by atoms with Gasteiger partial charge in [-0.15, -0.1) is 0 Å². The minimum atomic E-state index is -1.13. The molecule has 1 aliphatic heterocycles. The van der Waals surface area contributed by atoms with Crippen LogP contribution in [0.1, 0.15) is 48.9 Å². The smallest absolute Gasteiger partial charge is 0.335 e. The molecule has 1 saturated heterocycles. The molecule has 1 aliphatic carbocycles. The molecule has 6 nitrogen and oxygen atoms in total. The molecule has 1 amide bonds. The van der Waals surface area contributed by atoms with Gasteiger partial charge in [0.2, 0.25) is 0 Å². The number of hydrogen-bond acceptors (Lipinski definition) is 4. The highest BCUT2D eigenvalue weighted by atomic mass is 16.4. The molecule has 0 spiro atoms. The number of rotatable bonds is 4. The summed E-state index contributed by atoms with van der Waals surface area (Å²) in [6, 6.07) is 6.95. The Morgan fingerprint density at radius 1 is 1.08 bits per heavy atom. The standard InChI is InChI=1S/C18H24N2O4/c21-16(22)13-3-5-14(6-4-13)19-15-7-11-20(12-8-15)17(23)18(24)9-1-2-10-18/h3-6,15,19,24H,1-2,7-12H2,(H,21,22). The predicted octanol–water partition coefficient (Wildman–Crippen LogP) is 2.09. The van der Waals surface area contributed by atoms with Crippen LogP contribution in [0.15, 0.2) is 24.3 Å². The quantitative estimate of drug-likeness (QED) is 0.785. The SMILES string of the molecule is O=C(O)c1ccc(NC2CCN(C(=O)C3(O)CCCC3)CC2)cc1. The van der Waals surface area contributed by atoms with E-state index in [0.29, 0.717) is 25.9 Å². The van der Waals surface area contributed by atoms with Gasteiger partial charge in [0.05, 0.1) is 5.56 Å². The highest BCUT2D eigenvalue weighted by Gasteiger charge is 2.42. The number of hydrogen-bond donors (Lipinski definition) is 3. The Labute approximate surface area is 141 Å². The monoisotopic (exact) mass is 332 g/mol. The first-order chi connectivity index (χ1) is 11.5. The van der Waals surface area contributed by atoms with Crippen molar-refractivity contribution in [2.75, 3.05) is 18.4 Å². The predicted molar refractivity (Wildman–Crippen MR) is 90.0 cm³/mol. The van der Waals surface area contributed by atoms with Crippen LogP contribution in [0.5, 0.6) is 0 Å². The Hall–Kier alpha value is -2.08. The number of piperidine rings is 1. The van der Waals surface area contributed by atoms with Crippen LogP contribution in [0.2, 0.25) is 0 Å². The highest BCUT2D eigenvalue weighted by molar-refractivity contribution is 5.88. The van der Waals surface area contributed by atoms with Crippen molar-refractivity contribution >= 4 is 17.6 Å². The minimum absolute atomic E-state index is 0.107. The van der Waals surface area contributed by atoms with Gasteiger partial charge < -0.3 is 20.4 Å². The summed E-state index contributed by atoms with van der Waals surface area (Å²) in [5.74, 6) is -1.04. The number of carbonyl (C=O) groups excluding carboxylic acids is 1. The minimum Gasteiger partial charge on any atom is -0.478 e. The zero-order valence-electron chi connectivity index (χ0n) is 13.7. The van der Waals surface area contributed by atoms with Crippen LogP contribution in [0.25, 0.3) is 0 Å². The van der Waals surface area contributed by atoms with Gasteiger partial charge in [-0.3, -0.25) is 4.79 Å². The molecule has 1 heterocycles. The molecule has 3 N–H and O–H groups in total. The molecule has 1 saturated carbocycles. The van der Waals surface area contributed by atoms with Gasteiger partial charge in [0, 0.05) is 24.8 Å². The second-order valence-electron chi connectivity index (χ2n) is 6.83. The lowest BCUT2D eigenvalue weighted by Crippen LogP contribution is -2.51. The Bertz CT molecular complexity index is 600. The van der Waals surface area contributed by atoms with E-state index in [0.717, 1.165) is 31.4 Å². The fraction of sp³-hybridized carbons (Fsp3) is 0.556. The Balaban J connectivity index is 1.51. The molecule has 0 radical (unpaired) electrons. The molecule has 3 rings (SSSR count). The molecular formula is C18H24N2O4. The number of benzene rings is 1. The Morgan fingerprint density at radius 3 is 2.21 bits per heavy atom. The topological polar surface area (TPSA) is 89.9 Å². The molecule has 1 aromatic rings. The molecule has 6 heteroatoms. The zero-order valence-corrected chi connectivity index (χ0v) is 13.7. The van der Waals surface area contributed by atoms with Crippen molar-refractivity contribution in [2.24, 2.45) is 0 Å². The lowest BCUT2D eigenvalue weighted by molar-refractivity contribution is -0.151. The van der Waals surface area contributed by atoms with Crippen molar-refractivity contribution in [2.45, 2.75) is 50.2 Å². The third kappa shape index (κ3) is 3.53. The highest BCUT2D eigenvalue weighted by Crippen LogP contribution is 2.32. The van der Waals surface area contributed by atoms with Crippen LogP contribution in [0.4, 0.5) is 5.69 Å². The lowest BCUT2D eigenvalue weighted by atomic mass is 9.97. The van der Waals surface area contributed by atoms with Gasteiger partial charge in [0.1, 0.15) is 5.60 Å². The summed E-state index contributed by atoms with van der Waals surface area (Å²) in [5, 5.41) is 22.7. The van der Waals surface area contributed by atoms with Gasteiger partial charge in [0.15, 0.2) is 0 Å². The van der Waals surface area contributed by atoms with Crippen LogP contribution >= 0.6 is 0 Å². The molecule has 24 heavy (non-hydrogen) atoms. The molecule has 0 bridgehead atoms. The normalized spacial score (nSPS) is 20.8. The first-order valence-corrected chi connectivity index (χ1v) is 8.60. The van der Waals surface area contributed by atoms with Crippen molar-refractivity contribution in [3.8, 4) is 0 Å². The fourth-order valence-electron chi connectivity index (χ4n) is 3.64. The van der Waals surface area contributed by atoms with Gasteiger partial charge in [-0.05, 0) is 62.8 Å². The van der Waals surface area contributed by atoms with E-state index in [4.69, 9.17) is 5.11 Å². The maximum atomic E-state index is 12.5. The average Bonchev–Trinajstić information content (AvgIpc) is 3.03. The van der Waals surface area contributed by atoms with Crippen LogP contribution in [-0.4, -0.2) is 51.7 Å². The van der Waals surface area contributed by atoms with Gasteiger partial charge in [-0.1, -0.05) is 0 Å². The summed E-state index contributed by atoms with van der Waals surface area (Å²) in [5.41, 5.74) is 0.0254. The lowest BCUT2D eigenvalue weighted by Gasteiger charge is -2.36. The van der Waals surface area contributed by atoms with E-state index in [1.54, 1.807) is 29.2 Å².